The monoisotopic (exact) mass is 492 g/mol. The number of carbonyl (C=O) groups is 2. The lowest BCUT2D eigenvalue weighted by molar-refractivity contribution is -0.117. The third kappa shape index (κ3) is 6.65. The van der Waals surface area contributed by atoms with Crippen LogP contribution < -0.4 is 14.8 Å². The van der Waals surface area contributed by atoms with Gasteiger partial charge in [0.1, 0.15) is 23.9 Å². The molecule has 0 aliphatic rings. The molecule has 0 unspecified atom stereocenters. The smallest absolute Gasteiger partial charge is 0.254 e. The van der Waals surface area contributed by atoms with Crippen molar-refractivity contribution in [2.45, 2.75) is 40.0 Å². The maximum absolute atomic E-state index is 13.4. The molecule has 2 aromatic carbocycles. The number of aromatic nitrogens is 2. The van der Waals surface area contributed by atoms with Crippen LogP contribution in [-0.2, 0) is 10.2 Å². The van der Waals surface area contributed by atoms with E-state index >= 15 is 0 Å². The van der Waals surface area contributed by atoms with Crippen LogP contribution >= 0.6 is 0 Å². The molecule has 36 heavy (non-hydrogen) atoms. The van der Waals surface area contributed by atoms with Gasteiger partial charge in [0.25, 0.3) is 5.91 Å². The van der Waals surface area contributed by atoms with Crippen LogP contribution in [0.1, 0.15) is 50.7 Å². The lowest BCUT2D eigenvalue weighted by atomic mass is 9.92. The minimum Gasteiger partial charge on any atom is -0.497 e. The van der Waals surface area contributed by atoms with Gasteiger partial charge in [-0.15, -0.1) is 0 Å². The molecular formula is C28H36N4O4. The Kier molecular flexibility index (Phi) is 8.40. The van der Waals surface area contributed by atoms with E-state index in [4.69, 9.17) is 14.6 Å². The number of carbonyl (C=O) groups excluding carboxylic acids is 2. The molecule has 1 aromatic heterocycles. The first-order chi connectivity index (χ1) is 17.0. The third-order valence-corrected chi connectivity index (χ3v) is 5.55. The molecule has 3 rings (SSSR count). The minimum atomic E-state index is -0.309. The summed E-state index contributed by atoms with van der Waals surface area (Å²) >= 11 is 0. The highest BCUT2D eigenvalue weighted by atomic mass is 16.5. The fourth-order valence-corrected chi connectivity index (χ4v) is 3.73. The van der Waals surface area contributed by atoms with Gasteiger partial charge >= 0.3 is 0 Å². The predicted octanol–water partition coefficient (Wildman–Crippen LogP) is 4.92. The number of hydrogen-bond donors (Lipinski definition) is 1. The van der Waals surface area contributed by atoms with Crippen LogP contribution in [0.4, 0.5) is 5.82 Å². The van der Waals surface area contributed by atoms with Gasteiger partial charge in [-0.05, 0) is 30.2 Å². The number of ether oxygens (including phenoxy) is 2. The minimum absolute atomic E-state index is 0.110. The van der Waals surface area contributed by atoms with Gasteiger partial charge in [0, 0.05) is 29.7 Å². The van der Waals surface area contributed by atoms with Crippen molar-refractivity contribution in [3.05, 3.63) is 65.9 Å². The average Bonchev–Trinajstić information content (AvgIpc) is 3.27. The summed E-state index contributed by atoms with van der Waals surface area (Å²) in [4.78, 5) is 28.2. The van der Waals surface area contributed by atoms with E-state index in [0.717, 1.165) is 11.4 Å². The lowest BCUT2D eigenvalue weighted by Gasteiger charge is -2.24. The largest absolute Gasteiger partial charge is 0.497 e. The molecule has 1 heterocycles. The zero-order valence-corrected chi connectivity index (χ0v) is 22.2. The second kappa shape index (κ2) is 11.3. The SMILES string of the molecule is COc1cc(OC)cc(C(=O)N(CC(=O)Nc2cc(C(C)(C)C)nn2-c2ccccc2)CC(C)C)c1. The second-order valence-corrected chi connectivity index (χ2v) is 10.1. The molecule has 0 saturated carbocycles. The highest BCUT2D eigenvalue weighted by Gasteiger charge is 2.24. The van der Waals surface area contributed by atoms with Crippen molar-refractivity contribution in [2.75, 3.05) is 32.6 Å². The van der Waals surface area contributed by atoms with Gasteiger partial charge < -0.3 is 19.7 Å². The van der Waals surface area contributed by atoms with Crippen LogP contribution in [0.3, 0.4) is 0 Å². The Balaban J connectivity index is 1.88. The van der Waals surface area contributed by atoms with Crippen molar-refractivity contribution < 1.29 is 19.1 Å². The Morgan fingerprint density at radius 1 is 1.00 bits per heavy atom. The fraction of sp³-hybridized carbons (Fsp3) is 0.393. The molecule has 192 valence electrons. The maximum atomic E-state index is 13.4. The molecular weight excluding hydrogens is 456 g/mol. The second-order valence-electron chi connectivity index (χ2n) is 10.1. The lowest BCUT2D eigenvalue weighted by Crippen LogP contribution is -2.40. The van der Waals surface area contributed by atoms with Crippen molar-refractivity contribution in [1.82, 2.24) is 14.7 Å². The van der Waals surface area contributed by atoms with Crippen LogP contribution in [0.2, 0.25) is 0 Å². The van der Waals surface area contributed by atoms with Crippen molar-refractivity contribution in [2.24, 2.45) is 5.92 Å². The summed E-state index contributed by atoms with van der Waals surface area (Å²) in [7, 11) is 3.06. The molecule has 3 aromatic rings. The Bertz CT molecular complexity index is 1170. The van der Waals surface area contributed by atoms with E-state index in [0.29, 0.717) is 29.4 Å². The van der Waals surface area contributed by atoms with Gasteiger partial charge in [0.05, 0.1) is 25.6 Å². The van der Waals surface area contributed by atoms with Crippen molar-refractivity contribution in [1.29, 1.82) is 0 Å². The molecule has 0 radical (unpaired) electrons. The number of benzene rings is 2. The van der Waals surface area contributed by atoms with E-state index in [-0.39, 0.29) is 29.7 Å². The molecule has 0 spiro atoms. The normalized spacial score (nSPS) is 11.3. The van der Waals surface area contributed by atoms with E-state index in [1.165, 1.54) is 14.2 Å². The number of anilines is 1. The number of para-hydroxylation sites is 1. The van der Waals surface area contributed by atoms with Crippen molar-refractivity contribution in [3.63, 3.8) is 0 Å². The summed E-state index contributed by atoms with van der Waals surface area (Å²) < 4.78 is 12.3. The summed E-state index contributed by atoms with van der Waals surface area (Å²) in [6, 6.07) is 16.5. The first kappa shape index (κ1) is 26.8. The Hall–Kier alpha value is -3.81. The summed E-state index contributed by atoms with van der Waals surface area (Å²) in [5, 5.41) is 7.72. The number of hydrogen-bond acceptors (Lipinski definition) is 5. The summed E-state index contributed by atoms with van der Waals surface area (Å²) in [5.41, 5.74) is 1.87. The van der Waals surface area contributed by atoms with Crippen LogP contribution in [0.25, 0.3) is 5.69 Å². The van der Waals surface area contributed by atoms with Gasteiger partial charge in [0.15, 0.2) is 0 Å². The van der Waals surface area contributed by atoms with Crippen LogP contribution in [0, 0.1) is 5.92 Å². The van der Waals surface area contributed by atoms with E-state index < -0.39 is 0 Å². The van der Waals surface area contributed by atoms with Crippen LogP contribution in [0.15, 0.2) is 54.6 Å². The Labute approximate surface area is 213 Å². The molecule has 8 nitrogen and oxygen atoms in total. The Morgan fingerprint density at radius 3 is 2.14 bits per heavy atom. The summed E-state index contributed by atoms with van der Waals surface area (Å²) in [5.74, 6) is 1.15. The highest BCUT2D eigenvalue weighted by Crippen LogP contribution is 2.27. The molecule has 0 bridgehead atoms. The molecule has 2 amide bonds. The van der Waals surface area contributed by atoms with Gasteiger partial charge in [-0.2, -0.15) is 5.10 Å². The molecule has 0 fully saturated rings. The topological polar surface area (TPSA) is 85.7 Å². The van der Waals surface area contributed by atoms with Gasteiger partial charge in [-0.25, -0.2) is 4.68 Å². The first-order valence-electron chi connectivity index (χ1n) is 12.0. The average molecular weight is 493 g/mol. The standard InChI is InChI=1S/C28H36N4O4/c1-19(2)17-31(27(34)20-13-22(35-6)15-23(14-20)36-7)18-26(33)29-25-16-24(28(3,4)5)30-32(25)21-11-9-8-10-12-21/h8-16,19H,17-18H2,1-7H3,(H,29,33). The van der Waals surface area contributed by atoms with Gasteiger partial charge in [0.2, 0.25) is 5.91 Å². The predicted molar refractivity (Wildman–Crippen MR) is 141 cm³/mol. The zero-order chi connectivity index (χ0) is 26.5. The number of nitrogens with zero attached hydrogens (tertiary/aromatic N) is 3. The molecule has 0 aliphatic carbocycles. The number of rotatable bonds is 9. The van der Waals surface area contributed by atoms with E-state index in [9.17, 15) is 9.59 Å². The highest BCUT2D eigenvalue weighted by molar-refractivity contribution is 5.99. The van der Waals surface area contributed by atoms with E-state index in [1.807, 2.05) is 50.2 Å². The molecule has 8 heteroatoms. The molecule has 0 aliphatic heterocycles. The summed E-state index contributed by atoms with van der Waals surface area (Å²) in [6.07, 6.45) is 0. The Morgan fingerprint density at radius 2 is 1.61 bits per heavy atom. The number of amides is 2. The molecule has 1 N–H and O–H groups in total. The number of nitrogens with one attached hydrogen (secondary N) is 1. The quantitative estimate of drug-likeness (QED) is 0.458. The van der Waals surface area contributed by atoms with Crippen LogP contribution in [0.5, 0.6) is 11.5 Å². The van der Waals surface area contributed by atoms with Crippen molar-refractivity contribution >= 4 is 17.6 Å². The fourth-order valence-electron chi connectivity index (χ4n) is 3.73. The van der Waals surface area contributed by atoms with E-state index in [2.05, 4.69) is 26.1 Å². The molecule has 0 atom stereocenters. The maximum Gasteiger partial charge on any atom is 0.254 e. The first-order valence-corrected chi connectivity index (χ1v) is 12.0. The van der Waals surface area contributed by atoms with Gasteiger partial charge in [-0.3, -0.25) is 9.59 Å². The van der Waals surface area contributed by atoms with Gasteiger partial charge in [-0.1, -0.05) is 52.8 Å². The third-order valence-electron chi connectivity index (χ3n) is 5.55. The van der Waals surface area contributed by atoms with E-state index in [1.54, 1.807) is 27.8 Å². The number of methoxy groups -OCH3 is 2. The van der Waals surface area contributed by atoms with Crippen molar-refractivity contribution in [3.8, 4) is 17.2 Å². The summed E-state index contributed by atoms with van der Waals surface area (Å²) in [6.45, 7) is 10.5. The zero-order valence-electron chi connectivity index (χ0n) is 22.2. The van der Waals surface area contributed by atoms with Crippen LogP contribution in [-0.4, -0.2) is 53.8 Å². The molecule has 0 saturated heterocycles.